The Morgan fingerprint density at radius 2 is 1.94 bits per heavy atom. The first-order chi connectivity index (χ1) is 17.4. The van der Waals surface area contributed by atoms with Gasteiger partial charge in [-0.25, -0.2) is 9.97 Å². The smallest absolute Gasteiger partial charge is 0.259 e. The zero-order valence-electron chi connectivity index (χ0n) is 19.5. The second-order valence-electron chi connectivity index (χ2n) is 9.22. The van der Waals surface area contributed by atoms with Gasteiger partial charge in [0.15, 0.2) is 0 Å². The number of ether oxygens (including phenoxy) is 2. The molecule has 1 aliphatic heterocycles. The standard InChI is InChI=1S/C26H23Cl2N5O3/c1-33-23-15(11-18(24(33)34)22-19(27)3-2-4-20(22)28)12-30-25(32-23)31-21-6-5-17(13-29-21)36-26(8-9-26)16-7-10-35-14-16/h2-6,11-13,16H,7-10,14H2,1H3,(H,29,30,31,32). The normalized spacial score (nSPS) is 18.4. The van der Waals surface area contributed by atoms with Crippen molar-refractivity contribution in [2.24, 2.45) is 13.0 Å². The molecule has 0 spiro atoms. The molecule has 1 aromatic carbocycles. The fourth-order valence-electron chi connectivity index (χ4n) is 4.77. The highest BCUT2D eigenvalue weighted by atomic mass is 35.5. The number of pyridine rings is 2. The monoisotopic (exact) mass is 523 g/mol. The number of aromatic nitrogens is 4. The van der Waals surface area contributed by atoms with E-state index in [0.29, 0.717) is 49.9 Å². The molecule has 0 amide bonds. The van der Waals surface area contributed by atoms with Gasteiger partial charge in [-0.1, -0.05) is 29.3 Å². The molecule has 6 rings (SSSR count). The number of nitrogens with one attached hydrogen (secondary N) is 1. The number of benzene rings is 1. The van der Waals surface area contributed by atoms with Gasteiger partial charge in [0.2, 0.25) is 5.95 Å². The maximum atomic E-state index is 13.1. The number of hydrogen-bond donors (Lipinski definition) is 1. The molecule has 0 radical (unpaired) electrons. The van der Waals surface area contributed by atoms with Crippen molar-refractivity contribution in [3.05, 3.63) is 69.2 Å². The molecule has 1 saturated heterocycles. The lowest BCUT2D eigenvalue weighted by molar-refractivity contribution is 0.0912. The molecule has 1 N–H and O–H groups in total. The first kappa shape index (κ1) is 23.2. The molecule has 0 bridgehead atoms. The summed E-state index contributed by atoms with van der Waals surface area (Å²) in [7, 11) is 1.66. The van der Waals surface area contributed by atoms with Crippen LogP contribution in [0, 0.1) is 5.92 Å². The summed E-state index contributed by atoms with van der Waals surface area (Å²) in [6, 6.07) is 10.6. The molecule has 2 fully saturated rings. The predicted octanol–water partition coefficient (Wildman–Crippen LogP) is 5.39. The van der Waals surface area contributed by atoms with Crippen molar-refractivity contribution in [3.8, 4) is 16.9 Å². The zero-order valence-corrected chi connectivity index (χ0v) is 21.0. The van der Waals surface area contributed by atoms with Gasteiger partial charge in [-0.3, -0.25) is 9.36 Å². The quantitative estimate of drug-likeness (QED) is 0.362. The Balaban J connectivity index is 1.24. The van der Waals surface area contributed by atoms with E-state index >= 15 is 0 Å². The van der Waals surface area contributed by atoms with Crippen molar-refractivity contribution in [2.45, 2.75) is 24.9 Å². The number of aryl methyl sites for hydroxylation is 1. The van der Waals surface area contributed by atoms with Gasteiger partial charge in [-0.05, 0) is 49.6 Å². The highest BCUT2D eigenvalue weighted by Gasteiger charge is 2.53. The molecule has 2 aliphatic rings. The van der Waals surface area contributed by atoms with Crippen molar-refractivity contribution in [1.29, 1.82) is 0 Å². The van der Waals surface area contributed by atoms with Gasteiger partial charge in [0.1, 0.15) is 22.8 Å². The topological polar surface area (TPSA) is 91.2 Å². The number of anilines is 2. The van der Waals surface area contributed by atoms with E-state index in [-0.39, 0.29) is 11.2 Å². The summed E-state index contributed by atoms with van der Waals surface area (Å²) in [4.78, 5) is 26.6. The lowest BCUT2D eigenvalue weighted by atomic mass is 9.99. The van der Waals surface area contributed by atoms with E-state index < -0.39 is 0 Å². The fraction of sp³-hybridized carbons (Fsp3) is 0.308. The number of fused-ring (bicyclic) bond motifs is 1. The van der Waals surface area contributed by atoms with Crippen LogP contribution in [0.5, 0.6) is 5.75 Å². The molecule has 1 aliphatic carbocycles. The third-order valence-electron chi connectivity index (χ3n) is 6.89. The summed E-state index contributed by atoms with van der Waals surface area (Å²) in [5.74, 6) is 2.07. The summed E-state index contributed by atoms with van der Waals surface area (Å²) in [5, 5.41) is 4.59. The highest BCUT2D eigenvalue weighted by molar-refractivity contribution is 6.39. The van der Waals surface area contributed by atoms with Crippen molar-refractivity contribution in [3.63, 3.8) is 0 Å². The second-order valence-corrected chi connectivity index (χ2v) is 10.0. The maximum absolute atomic E-state index is 13.1. The van der Waals surface area contributed by atoms with Gasteiger partial charge in [0, 0.05) is 36.7 Å². The van der Waals surface area contributed by atoms with E-state index in [1.54, 1.807) is 43.7 Å². The zero-order chi connectivity index (χ0) is 24.9. The van der Waals surface area contributed by atoms with Crippen LogP contribution in [0.3, 0.4) is 0 Å². The minimum absolute atomic E-state index is 0.105. The Labute approximate surface area is 217 Å². The van der Waals surface area contributed by atoms with Gasteiger partial charge < -0.3 is 14.8 Å². The average molecular weight is 524 g/mol. The number of hydrogen-bond acceptors (Lipinski definition) is 7. The van der Waals surface area contributed by atoms with E-state index in [4.69, 9.17) is 32.7 Å². The van der Waals surface area contributed by atoms with Crippen LogP contribution in [0.4, 0.5) is 11.8 Å². The molecule has 184 valence electrons. The third kappa shape index (κ3) is 4.19. The fourth-order valence-corrected chi connectivity index (χ4v) is 5.37. The molecule has 8 nitrogen and oxygen atoms in total. The number of rotatable bonds is 6. The summed E-state index contributed by atoms with van der Waals surface area (Å²) in [5.41, 5.74) is 0.986. The van der Waals surface area contributed by atoms with E-state index in [1.807, 2.05) is 12.1 Å². The molecular weight excluding hydrogens is 501 g/mol. The van der Waals surface area contributed by atoms with E-state index in [0.717, 1.165) is 38.2 Å². The van der Waals surface area contributed by atoms with Crippen molar-refractivity contribution >= 4 is 46.0 Å². The van der Waals surface area contributed by atoms with Crippen LogP contribution in [0.2, 0.25) is 10.0 Å². The summed E-state index contributed by atoms with van der Waals surface area (Å²) >= 11 is 12.7. The van der Waals surface area contributed by atoms with Crippen LogP contribution in [0.25, 0.3) is 22.2 Å². The Morgan fingerprint density at radius 3 is 2.61 bits per heavy atom. The number of nitrogens with zero attached hydrogens (tertiary/aromatic N) is 4. The highest BCUT2D eigenvalue weighted by Crippen LogP contribution is 2.49. The predicted molar refractivity (Wildman–Crippen MR) is 139 cm³/mol. The molecular formula is C26H23Cl2N5O3. The lowest BCUT2D eigenvalue weighted by Gasteiger charge is -2.23. The Hall–Kier alpha value is -3.20. The van der Waals surface area contributed by atoms with Crippen LogP contribution in [0.15, 0.2) is 53.6 Å². The van der Waals surface area contributed by atoms with Gasteiger partial charge >= 0.3 is 0 Å². The summed E-state index contributed by atoms with van der Waals surface area (Å²) in [6.45, 7) is 1.57. The van der Waals surface area contributed by atoms with Crippen LogP contribution in [-0.2, 0) is 11.8 Å². The molecule has 3 aromatic heterocycles. The summed E-state index contributed by atoms with van der Waals surface area (Å²) in [6.07, 6.45) is 6.50. The molecule has 4 heterocycles. The van der Waals surface area contributed by atoms with Gasteiger partial charge in [0.05, 0.1) is 28.4 Å². The molecule has 1 saturated carbocycles. The third-order valence-corrected chi connectivity index (χ3v) is 7.52. The maximum Gasteiger partial charge on any atom is 0.259 e. The minimum Gasteiger partial charge on any atom is -0.485 e. The SMILES string of the molecule is Cn1c(=O)c(-c2c(Cl)cccc2Cl)cc2cnc(Nc3ccc(OC4(C5CCOC5)CC4)cn3)nc21. The molecule has 4 aromatic rings. The number of halogens is 2. The first-order valence-electron chi connectivity index (χ1n) is 11.7. The van der Waals surface area contributed by atoms with Crippen LogP contribution >= 0.6 is 23.2 Å². The van der Waals surface area contributed by atoms with Gasteiger partial charge in [-0.15, -0.1) is 0 Å². The largest absolute Gasteiger partial charge is 0.485 e. The van der Waals surface area contributed by atoms with E-state index in [1.165, 1.54) is 4.57 Å². The Morgan fingerprint density at radius 1 is 1.14 bits per heavy atom. The van der Waals surface area contributed by atoms with E-state index in [2.05, 4.69) is 20.3 Å². The van der Waals surface area contributed by atoms with Crippen LogP contribution < -0.4 is 15.6 Å². The van der Waals surface area contributed by atoms with Crippen molar-refractivity contribution in [2.75, 3.05) is 18.5 Å². The van der Waals surface area contributed by atoms with Crippen molar-refractivity contribution < 1.29 is 9.47 Å². The summed E-state index contributed by atoms with van der Waals surface area (Å²) < 4.78 is 13.3. The Kier molecular flexibility index (Phi) is 5.82. The molecule has 10 heteroatoms. The van der Waals surface area contributed by atoms with Crippen LogP contribution in [-0.4, -0.2) is 38.3 Å². The minimum atomic E-state index is -0.261. The van der Waals surface area contributed by atoms with E-state index in [9.17, 15) is 4.79 Å². The molecule has 36 heavy (non-hydrogen) atoms. The molecule has 1 unspecified atom stereocenters. The second kappa shape index (κ2) is 9.03. The molecule has 1 atom stereocenters. The van der Waals surface area contributed by atoms with Crippen molar-refractivity contribution in [1.82, 2.24) is 19.5 Å². The lowest BCUT2D eigenvalue weighted by Crippen LogP contribution is -2.29. The first-order valence-corrected chi connectivity index (χ1v) is 12.5. The van der Waals surface area contributed by atoms with Gasteiger partial charge in [-0.2, -0.15) is 4.98 Å². The average Bonchev–Trinajstić information content (AvgIpc) is 3.42. The van der Waals surface area contributed by atoms with Gasteiger partial charge in [0.25, 0.3) is 5.56 Å². The van der Waals surface area contributed by atoms with Crippen LogP contribution in [0.1, 0.15) is 19.3 Å². The Bertz CT molecular complexity index is 1490.